The first kappa shape index (κ1) is 34.3. The van der Waals surface area contributed by atoms with Crippen LogP contribution in [-0.2, 0) is 6.42 Å². The molecule has 3 aromatic carbocycles. The summed E-state index contributed by atoms with van der Waals surface area (Å²) in [5.41, 5.74) is 14.6. The number of ether oxygens (including phenoxy) is 1. The number of hydrogen-bond acceptors (Lipinski definition) is 4. The van der Waals surface area contributed by atoms with Crippen molar-refractivity contribution in [2.75, 3.05) is 31.9 Å². The third kappa shape index (κ3) is 7.27. The Labute approximate surface area is 259 Å². The Balaban J connectivity index is 0.00000187. The third-order valence-electron chi connectivity index (χ3n) is 8.75. The maximum absolute atomic E-state index is 6.88. The molecule has 0 aromatic heterocycles. The average molecular weight is 607 g/mol. The lowest BCUT2D eigenvalue weighted by Gasteiger charge is -2.39. The van der Waals surface area contributed by atoms with Crippen LogP contribution < -0.4 is 15.8 Å². The number of nitrogens with one attached hydrogen (secondary N) is 1. The summed E-state index contributed by atoms with van der Waals surface area (Å²) in [6.45, 7) is 12.9. The van der Waals surface area contributed by atoms with Crippen LogP contribution in [0.2, 0.25) is 0 Å². The molecule has 1 atom stereocenters. The maximum Gasteiger partial charge on any atom is 0.127 e. The van der Waals surface area contributed by atoms with E-state index >= 15 is 0 Å². The zero-order valence-electron chi connectivity index (χ0n) is 24.2. The van der Waals surface area contributed by atoms with E-state index in [0.717, 1.165) is 55.5 Å². The Kier molecular flexibility index (Phi) is 12.7. The normalized spacial score (nSPS) is 18.4. The molecule has 0 bridgehead atoms. The molecule has 2 aliphatic rings. The molecule has 2 aliphatic heterocycles. The second-order valence-electron chi connectivity index (χ2n) is 11.5. The van der Waals surface area contributed by atoms with Gasteiger partial charge in [-0.3, -0.25) is 4.90 Å². The molecule has 4 nitrogen and oxygen atoms in total. The van der Waals surface area contributed by atoms with E-state index in [2.05, 4.69) is 98.6 Å². The Hall–Kier alpha value is -1.95. The second-order valence-corrected chi connectivity index (χ2v) is 11.5. The van der Waals surface area contributed by atoms with Gasteiger partial charge in [-0.25, -0.2) is 0 Å². The Morgan fingerprint density at radius 1 is 0.875 bits per heavy atom. The topological polar surface area (TPSA) is 50.5 Å². The van der Waals surface area contributed by atoms with E-state index < -0.39 is 0 Å². The van der Waals surface area contributed by atoms with E-state index in [9.17, 15) is 0 Å². The number of anilines is 1. The van der Waals surface area contributed by atoms with Crippen LogP contribution in [0, 0.1) is 26.7 Å². The summed E-state index contributed by atoms with van der Waals surface area (Å²) in [5.74, 6) is 1.83. The van der Waals surface area contributed by atoms with Gasteiger partial charge in [-0.1, -0.05) is 60.7 Å². The summed E-state index contributed by atoms with van der Waals surface area (Å²) in [6, 6.07) is 22.2. The van der Waals surface area contributed by atoms with Gasteiger partial charge in [-0.05, 0) is 100 Å². The highest BCUT2D eigenvalue weighted by atomic mass is 35.5. The van der Waals surface area contributed by atoms with Crippen LogP contribution in [0.25, 0.3) is 0 Å². The molecule has 0 aliphatic carbocycles. The molecular weight excluding hydrogens is 561 g/mol. The molecule has 2 heterocycles. The number of benzene rings is 3. The second kappa shape index (κ2) is 14.8. The Morgan fingerprint density at radius 3 is 1.98 bits per heavy atom. The van der Waals surface area contributed by atoms with Crippen molar-refractivity contribution in [1.29, 1.82) is 0 Å². The van der Waals surface area contributed by atoms with E-state index in [4.69, 9.17) is 10.5 Å². The molecule has 1 saturated heterocycles. The molecule has 0 spiro atoms. The van der Waals surface area contributed by atoms with Crippen LogP contribution in [0.5, 0.6) is 5.75 Å². The molecular formula is C33H46Cl3N3O. The monoisotopic (exact) mass is 605 g/mol. The van der Waals surface area contributed by atoms with Crippen molar-refractivity contribution in [3.05, 3.63) is 94.0 Å². The molecule has 40 heavy (non-hydrogen) atoms. The van der Waals surface area contributed by atoms with Gasteiger partial charge in [0.1, 0.15) is 11.4 Å². The number of piperidine rings is 1. The molecule has 7 heteroatoms. The Morgan fingerprint density at radius 2 is 1.43 bits per heavy atom. The largest absolute Gasteiger partial charge is 0.485 e. The molecule has 1 fully saturated rings. The van der Waals surface area contributed by atoms with Gasteiger partial charge < -0.3 is 15.8 Å². The molecule has 220 valence electrons. The van der Waals surface area contributed by atoms with E-state index in [-0.39, 0.29) is 48.9 Å². The number of nitrogen functional groups attached to an aromatic ring is 1. The van der Waals surface area contributed by atoms with Gasteiger partial charge in [0.2, 0.25) is 0 Å². The molecule has 1 unspecified atom stereocenters. The van der Waals surface area contributed by atoms with Crippen LogP contribution in [0.4, 0.5) is 5.69 Å². The van der Waals surface area contributed by atoms with E-state index in [1.54, 1.807) is 0 Å². The van der Waals surface area contributed by atoms with Gasteiger partial charge in [0.15, 0.2) is 0 Å². The first-order chi connectivity index (χ1) is 17.9. The highest BCUT2D eigenvalue weighted by Crippen LogP contribution is 2.45. The first-order valence-electron chi connectivity index (χ1n) is 14.0. The summed E-state index contributed by atoms with van der Waals surface area (Å²) < 4.78 is 6.88. The zero-order valence-corrected chi connectivity index (χ0v) is 26.7. The number of nitrogens with two attached hydrogens (primary N) is 1. The molecule has 3 aromatic rings. The Bertz CT molecular complexity index is 1140. The van der Waals surface area contributed by atoms with Gasteiger partial charge in [0.05, 0.1) is 6.04 Å². The van der Waals surface area contributed by atoms with Crippen LogP contribution in [0.15, 0.2) is 60.7 Å². The van der Waals surface area contributed by atoms with Gasteiger partial charge in [-0.15, -0.1) is 37.2 Å². The highest BCUT2D eigenvalue weighted by molar-refractivity contribution is 5.86. The van der Waals surface area contributed by atoms with E-state index in [0.29, 0.717) is 0 Å². The number of halogens is 3. The van der Waals surface area contributed by atoms with E-state index in [1.807, 2.05) is 0 Å². The van der Waals surface area contributed by atoms with Crippen molar-refractivity contribution < 1.29 is 4.74 Å². The highest BCUT2D eigenvalue weighted by Gasteiger charge is 2.41. The minimum atomic E-state index is -0.311. The fourth-order valence-electron chi connectivity index (χ4n) is 6.44. The average Bonchev–Trinajstić information content (AvgIpc) is 3.29. The minimum Gasteiger partial charge on any atom is -0.485 e. The predicted octanol–water partition coefficient (Wildman–Crippen LogP) is 7.63. The van der Waals surface area contributed by atoms with Crippen LogP contribution in [0.3, 0.4) is 0 Å². The quantitative estimate of drug-likeness (QED) is 0.259. The fraction of sp³-hybridized carbons (Fsp3) is 0.455. The van der Waals surface area contributed by atoms with Crippen molar-refractivity contribution in [3.63, 3.8) is 0 Å². The molecule has 0 radical (unpaired) electrons. The van der Waals surface area contributed by atoms with Crippen molar-refractivity contribution in [3.8, 4) is 5.75 Å². The number of nitrogens with zero attached hydrogens (tertiary/aromatic N) is 1. The SMILES string of the molecule is Cc1c(C)c2c(c(C)c1N)CC(C)(CN(CCC1CCNCC1)C(c1ccccc1)c1ccccc1)O2.Cl.Cl.Cl. The van der Waals surface area contributed by atoms with Crippen LogP contribution >= 0.6 is 37.2 Å². The maximum atomic E-state index is 6.88. The van der Waals surface area contributed by atoms with Crippen molar-refractivity contribution in [2.24, 2.45) is 5.92 Å². The molecule has 3 N–H and O–H groups in total. The summed E-state index contributed by atoms with van der Waals surface area (Å²) >= 11 is 0. The van der Waals surface area contributed by atoms with Gasteiger partial charge in [-0.2, -0.15) is 0 Å². The number of rotatable bonds is 8. The van der Waals surface area contributed by atoms with Crippen molar-refractivity contribution in [1.82, 2.24) is 10.2 Å². The lowest BCUT2D eigenvalue weighted by atomic mass is 9.89. The first-order valence-corrected chi connectivity index (χ1v) is 14.0. The molecule has 0 amide bonds. The lowest BCUT2D eigenvalue weighted by molar-refractivity contribution is 0.0467. The van der Waals surface area contributed by atoms with Gasteiger partial charge >= 0.3 is 0 Å². The fourth-order valence-corrected chi connectivity index (χ4v) is 6.44. The smallest absolute Gasteiger partial charge is 0.127 e. The summed E-state index contributed by atoms with van der Waals surface area (Å²) in [4.78, 5) is 2.69. The summed E-state index contributed by atoms with van der Waals surface area (Å²) in [7, 11) is 0. The standard InChI is InChI=1S/C33H43N3O.3ClH/c1-23-24(2)32-29(25(3)30(23)34)21-33(4,37-32)22-36(20-17-26-15-18-35-19-16-26)31(27-11-7-5-8-12-27)28-13-9-6-10-14-28;;;/h5-14,26,31,35H,15-22,34H2,1-4H3;3*1H. The molecule has 5 rings (SSSR count). The van der Waals surface area contributed by atoms with Gasteiger partial charge in [0, 0.05) is 24.2 Å². The molecule has 0 saturated carbocycles. The van der Waals surface area contributed by atoms with Gasteiger partial charge in [0.25, 0.3) is 0 Å². The lowest BCUT2D eigenvalue weighted by Crippen LogP contribution is -2.47. The number of hydrogen-bond donors (Lipinski definition) is 2. The zero-order chi connectivity index (χ0) is 26.0. The minimum absolute atomic E-state index is 0. The predicted molar refractivity (Wildman–Crippen MR) is 176 cm³/mol. The summed E-state index contributed by atoms with van der Waals surface area (Å²) in [5, 5.41) is 3.53. The van der Waals surface area contributed by atoms with Crippen LogP contribution in [0.1, 0.15) is 65.6 Å². The van der Waals surface area contributed by atoms with Crippen LogP contribution in [-0.4, -0.2) is 36.7 Å². The van der Waals surface area contributed by atoms with Crippen molar-refractivity contribution in [2.45, 2.75) is 65.0 Å². The summed E-state index contributed by atoms with van der Waals surface area (Å²) in [6.07, 6.45) is 4.64. The third-order valence-corrected chi connectivity index (χ3v) is 8.75. The van der Waals surface area contributed by atoms with Crippen molar-refractivity contribution >= 4 is 42.9 Å². The number of fused-ring (bicyclic) bond motifs is 1. The van der Waals surface area contributed by atoms with E-state index in [1.165, 1.54) is 47.1 Å².